The van der Waals surface area contributed by atoms with E-state index in [4.69, 9.17) is 0 Å². The molecule has 11 heavy (non-hydrogen) atoms. The fourth-order valence-corrected chi connectivity index (χ4v) is 0.936. The second-order valence-corrected chi connectivity index (χ2v) is 2.58. The van der Waals surface area contributed by atoms with Crippen LogP contribution >= 0.6 is 0 Å². The molecule has 0 unspecified atom stereocenters. The predicted octanol–water partition coefficient (Wildman–Crippen LogP) is 2.26. The van der Waals surface area contributed by atoms with Gasteiger partial charge in [-0.05, 0) is 11.8 Å². The fraction of sp³-hybridized carbons (Fsp3) is 0.200. The monoisotopic (exact) mass is 147 g/mol. The molecule has 0 atom stereocenters. The molecule has 0 heterocycles. The second-order valence-electron chi connectivity index (χ2n) is 2.58. The van der Waals surface area contributed by atoms with Crippen LogP contribution < -0.4 is 0 Å². The maximum atomic E-state index is 3.68. The van der Waals surface area contributed by atoms with E-state index in [0.29, 0.717) is 0 Å². The van der Waals surface area contributed by atoms with Crippen molar-refractivity contribution in [2.75, 3.05) is 7.05 Å². The van der Waals surface area contributed by atoms with E-state index in [0.717, 1.165) is 6.54 Å². The van der Waals surface area contributed by atoms with Crippen molar-refractivity contribution in [2.24, 2.45) is 0 Å². The lowest BCUT2D eigenvalue weighted by molar-refractivity contribution is 0.452. The Labute approximate surface area is 68.0 Å². The topological polar surface area (TPSA) is 3.24 Å². The number of hydrogen-bond acceptors (Lipinski definition) is 1. The summed E-state index contributed by atoms with van der Waals surface area (Å²) in [6, 6.07) is 10.3. The number of rotatable bonds is 3. The zero-order valence-electron chi connectivity index (χ0n) is 6.83. The van der Waals surface area contributed by atoms with E-state index < -0.39 is 0 Å². The van der Waals surface area contributed by atoms with Gasteiger partial charge in [0.2, 0.25) is 0 Å². The molecule has 58 valence electrons. The summed E-state index contributed by atoms with van der Waals surface area (Å²) in [5.74, 6) is 0. The Kier molecular flexibility index (Phi) is 2.73. The van der Waals surface area contributed by atoms with Crippen LogP contribution in [-0.4, -0.2) is 11.9 Å². The van der Waals surface area contributed by atoms with Crippen LogP contribution in [0.3, 0.4) is 0 Å². The first-order chi connectivity index (χ1) is 5.33. The summed E-state index contributed by atoms with van der Waals surface area (Å²) in [6.45, 7) is 4.62. The van der Waals surface area contributed by atoms with Crippen LogP contribution in [0.5, 0.6) is 0 Å². The Morgan fingerprint density at radius 2 is 2.00 bits per heavy atom. The third-order valence-corrected chi connectivity index (χ3v) is 1.59. The molecule has 0 aromatic heterocycles. The molecular weight excluding hydrogens is 134 g/mol. The molecule has 1 aromatic rings. The summed E-state index contributed by atoms with van der Waals surface area (Å²) >= 11 is 0. The van der Waals surface area contributed by atoms with Crippen molar-refractivity contribution < 1.29 is 0 Å². The first-order valence-electron chi connectivity index (χ1n) is 3.69. The molecule has 0 aliphatic rings. The largest absolute Gasteiger partial charge is 0.377 e. The van der Waals surface area contributed by atoms with Gasteiger partial charge < -0.3 is 4.90 Å². The van der Waals surface area contributed by atoms with Gasteiger partial charge in [0.15, 0.2) is 0 Å². The maximum Gasteiger partial charge on any atom is 0.0420 e. The first kappa shape index (κ1) is 7.86. The van der Waals surface area contributed by atoms with Gasteiger partial charge in [0, 0.05) is 13.6 Å². The molecule has 0 N–H and O–H groups in total. The van der Waals surface area contributed by atoms with E-state index in [9.17, 15) is 0 Å². The normalized spacial score (nSPS) is 9.18. The van der Waals surface area contributed by atoms with Crippen molar-refractivity contribution >= 4 is 0 Å². The minimum atomic E-state index is 0.935. The van der Waals surface area contributed by atoms with Crippen molar-refractivity contribution in [1.29, 1.82) is 0 Å². The lowest BCUT2D eigenvalue weighted by Crippen LogP contribution is -2.08. The van der Waals surface area contributed by atoms with Gasteiger partial charge in [-0.1, -0.05) is 36.9 Å². The van der Waals surface area contributed by atoms with Crippen LogP contribution in [0.15, 0.2) is 43.1 Å². The second kappa shape index (κ2) is 3.81. The Bertz CT molecular complexity index is 216. The highest BCUT2D eigenvalue weighted by atomic mass is 15.1. The van der Waals surface area contributed by atoms with Crippen molar-refractivity contribution in [3.63, 3.8) is 0 Å². The van der Waals surface area contributed by atoms with Crippen LogP contribution in [0.1, 0.15) is 5.56 Å². The smallest absolute Gasteiger partial charge is 0.0420 e. The van der Waals surface area contributed by atoms with Crippen LogP contribution in [0, 0.1) is 0 Å². The molecule has 0 fully saturated rings. The zero-order chi connectivity index (χ0) is 8.10. The van der Waals surface area contributed by atoms with Crippen molar-refractivity contribution in [3.8, 4) is 0 Å². The standard InChI is InChI=1S/C10H13N/c1-3-11(2)9-10-7-5-4-6-8-10/h3-8H,1,9H2,2H3. The van der Waals surface area contributed by atoms with Crippen LogP contribution in [0.25, 0.3) is 0 Å². The molecule has 0 bridgehead atoms. The van der Waals surface area contributed by atoms with Crippen molar-refractivity contribution in [3.05, 3.63) is 48.7 Å². The van der Waals surface area contributed by atoms with Gasteiger partial charge in [-0.25, -0.2) is 0 Å². The van der Waals surface area contributed by atoms with E-state index in [2.05, 4.69) is 23.6 Å². The maximum absolute atomic E-state index is 3.68. The van der Waals surface area contributed by atoms with Crippen LogP contribution in [-0.2, 0) is 6.54 Å². The molecule has 0 aliphatic heterocycles. The first-order valence-corrected chi connectivity index (χ1v) is 3.69. The zero-order valence-corrected chi connectivity index (χ0v) is 6.83. The minimum Gasteiger partial charge on any atom is -0.377 e. The molecular formula is C10H13N. The molecule has 0 aliphatic carbocycles. The summed E-state index contributed by atoms with van der Waals surface area (Å²) in [6.07, 6.45) is 1.83. The summed E-state index contributed by atoms with van der Waals surface area (Å²) < 4.78 is 0. The molecule has 1 rings (SSSR count). The third-order valence-electron chi connectivity index (χ3n) is 1.59. The highest BCUT2D eigenvalue weighted by molar-refractivity contribution is 5.14. The van der Waals surface area contributed by atoms with Gasteiger partial charge in [0.05, 0.1) is 0 Å². The van der Waals surface area contributed by atoms with E-state index in [1.165, 1.54) is 5.56 Å². The fourth-order valence-electron chi connectivity index (χ4n) is 0.936. The predicted molar refractivity (Wildman–Crippen MR) is 48.1 cm³/mol. The van der Waals surface area contributed by atoms with Crippen molar-refractivity contribution in [2.45, 2.75) is 6.54 Å². The van der Waals surface area contributed by atoms with Gasteiger partial charge in [-0.3, -0.25) is 0 Å². The Morgan fingerprint density at radius 1 is 1.36 bits per heavy atom. The summed E-state index contributed by atoms with van der Waals surface area (Å²) in [7, 11) is 2.01. The average Bonchev–Trinajstić information content (AvgIpc) is 2.06. The highest BCUT2D eigenvalue weighted by Crippen LogP contribution is 2.01. The summed E-state index contributed by atoms with van der Waals surface area (Å²) in [4.78, 5) is 2.05. The average molecular weight is 147 g/mol. The molecule has 1 nitrogen and oxygen atoms in total. The molecule has 0 amide bonds. The summed E-state index contributed by atoms with van der Waals surface area (Å²) in [5, 5.41) is 0. The molecule has 1 aromatic carbocycles. The lowest BCUT2D eigenvalue weighted by atomic mass is 10.2. The van der Waals surface area contributed by atoms with Crippen LogP contribution in [0.2, 0.25) is 0 Å². The van der Waals surface area contributed by atoms with E-state index in [1.54, 1.807) is 0 Å². The molecule has 0 spiro atoms. The molecule has 0 saturated carbocycles. The summed E-state index contributed by atoms with van der Waals surface area (Å²) in [5.41, 5.74) is 1.31. The lowest BCUT2D eigenvalue weighted by Gasteiger charge is -2.12. The Balaban J connectivity index is 2.57. The number of hydrogen-bond donors (Lipinski definition) is 0. The van der Waals surface area contributed by atoms with Crippen LogP contribution in [0.4, 0.5) is 0 Å². The number of benzene rings is 1. The van der Waals surface area contributed by atoms with Crippen molar-refractivity contribution in [1.82, 2.24) is 4.90 Å². The van der Waals surface area contributed by atoms with Gasteiger partial charge >= 0.3 is 0 Å². The Morgan fingerprint density at radius 3 is 2.55 bits per heavy atom. The van der Waals surface area contributed by atoms with E-state index in [-0.39, 0.29) is 0 Å². The highest BCUT2D eigenvalue weighted by Gasteiger charge is 1.91. The quantitative estimate of drug-likeness (QED) is 0.634. The molecule has 1 heteroatoms. The van der Waals surface area contributed by atoms with Gasteiger partial charge in [-0.15, -0.1) is 0 Å². The third kappa shape index (κ3) is 2.46. The molecule has 0 saturated heterocycles. The molecule has 0 radical (unpaired) electrons. The SMILES string of the molecule is C=CN(C)Cc1ccccc1. The number of nitrogens with zero attached hydrogens (tertiary/aromatic N) is 1. The van der Waals surface area contributed by atoms with Gasteiger partial charge in [-0.2, -0.15) is 0 Å². The van der Waals surface area contributed by atoms with Gasteiger partial charge in [0.25, 0.3) is 0 Å². The van der Waals surface area contributed by atoms with Gasteiger partial charge in [0.1, 0.15) is 0 Å². The van der Waals surface area contributed by atoms with E-state index in [1.807, 2.05) is 31.4 Å². The Hall–Kier alpha value is -1.24. The van der Waals surface area contributed by atoms with E-state index >= 15 is 0 Å². The minimum absolute atomic E-state index is 0.935.